The molecule has 1 aliphatic heterocycles. The molecule has 0 saturated carbocycles. The molecule has 104 valence electrons. The topological polar surface area (TPSA) is 94.1 Å². The van der Waals surface area contributed by atoms with Gasteiger partial charge in [-0.3, -0.25) is 9.63 Å². The largest absolute Gasteiger partial charge is 0.477 e. The molecule has 0 aliphatic carbocycles. The van der Waals surface area contributed by atoms with Gasteiger partial charge in [-0.1, -0.05) is 13.3 Å². The molecule has 0 radical (unpaired) electrons. The summed E-state index contributed by atoms with van der Waals surface area (Å²) in [5.74, 6) is -3.03. The summed E-state index contributed by atoms with van der Waals surface area (Å²) in [6.45, 7) is 3.42. The molecular weight excluding hydrogens is 242 g/mol. The Bertz CT molecular complexity index is 298. The van der Waals surface area contributed by atoms with Gasteiger partial charge in [-0.15, -0.1) is 0 Å². The van der Waals surface area contributed by atoms with Crippen molar-refractivity contribution in [2.45, 2.75) is 45.0 Å². The average Bonchev–Trinajstić information content (AvgIpc) is 2.35. The first kappa shape index (κ1) is 14.9. The van der Waals surface area contributed by atoms with Crippen LogP contribution >= 0.6 is 0 Å². The summed E-state index contributed by atoms with van der Waals surface area (Å²) >= 11 is 0. The van der Waals surface area contributed by atoms with E-state index in [1.54, 1.807) is 0 Å². The third-order valence-corrected chi connectivity index (χ3v) is 2.57. The molecule has 0 bridgehead atoms. The number of rotatable bonds is 6. The van der Waals surface area contributed by atoms with Gasteiger partial charge in [-0.25, -0.2) is 10.3 Å². The highest BCUT2D eigenvalue weighted by molar-refractivity contribution is 5.75. The van der Waals surface area contributed by atoms with Crippen LogP contribution in [0, 0.1) is 0 Å². The Morgan fingerprint density at radius 3 is 2.56 bits per heavy atom. The van der Waals surface area contributed by atoms with Crippen molar-refractivity contribution >= 4 is 11.9 Å². The van der Waals surface area contributed by atoms with Gasteiger partial charge in [0.25, 0.3) is 5.79 Å². The van der Waals surface area contributed by atoms with E-state index in [1.165, 1.54) is 6.92 Å². The monoisotopic (exact) mass is 261 g/mol. The number of carbonyl (C=O) groups is 2. The normalized spacial score (nSPS) is 27.8. The fraction of sp³-hybridized carbons (Fsp3) is 0.818. The zero-order valence-corrected chi connectivity index (χ0v) is 10.6. The fourth-order valence-corrected chi connectivity index (χ4v) is 1.32. The van der Waals surface area contributed by atoms with Gasteiger partial charge in [0.05, 0.1) is 13.2 Å². The SMILES string of the molecule is CCCCC(=O)NOC1COC(C)(C(=O)O)OC1. The average molecular weight is 261 g/mol. The number of carboxylic acids is 1. The number of hydrogen-bond donors (Lipinski definition) is 2. The Hall–Kier alpha value is -1.18. The lowest BCUT2D eigenvalue weighted by Crippen LogP contribution is -2.51. The molecule has 1 aliphatic rings. The van der Waals surface area contributed by atoms with Crippen molar-refractivity contribution < 1.29 is 29.0 Å². The molecule has 0 spiro atoms. The third kappa shape index (κ3) is 4.25. The number of ether oxygens (including phenoxy) is 2. The zero-order chi connectivity index (χ0) is 13.6. The van der Waals surface area contributed by atoms with Gasteiger partial charge in [0, 0.05) is 13.3 Å². The van der Waals surface area contributed by atoms with E-state index < -0.39 is 17.9 Å². The number of hydroxylamine groups is 1. The van der Waals surface area contributed by atoms with Crippen LogP contribution in [0.1, 0.15) is 33.1 Å². The lowest BCUT2D eigenvalue weighted by molar-refractivity contribution is -0.288. The Morgan fingerprint density at radius 2 is 2.06 bits per heavy atom. The summed E-state index contributed by atoms with van der Waals surface area (Å²) in [6, 6.07) is 0. The van der Waals surface area contributed by atoms with E-state index >= 15 is 0 Å². The maximum Gasteiger partial charge on any atom is 0.364 e. The first-order chi connectivity index (χ1) is 8.48. The van der Waals surface area contributed by atoms with Crippen LogP contribution in [0.15, 0.2) is 0 Å². The third-order valence-electron chi connectivity index (χ3n) is 2.57. The first-order valence-electron chi connectivity index (χ1n) is 5.93. The Balaban J connectivity index is 2.24. The van der Waals surface area contributed by atoms with Crippen molar-refractivity contribution in [3.8, 4) is 0 Å². The predicted molar refractivity (Wildman–Crippen MR) is 60.5 cm³/mol. The second-order valence-corrected chi connectivity index (χ2v) is 4.24. The highest BCUT2D eigenvalue weighted by Crippen LogP contribution is 2.19. The fourth-order valence-electron chi connectivity index (χ4n) is 1.32. The van der Waals surface area contributed by atoms with Crippen LogP contribution < -0.4 is 5.48 Å². The van der Waals surface area contributed by atoms with Gasteiger partial charge in [0.2, 0.25) is 5.91 Å². The molecule has 2 N–H and O–H groups in total. The zero-order valence-electron chi connectivity index (χ0n) is 10.6. The van der Waals surface area contributed by atoms with Crippen molar-refractivity contribution in [3.63, 3.8) is 0 Å². The van der Waals surface area contributed by atoms with Gasteiger partial charge >= 0.3 is 5.97 Å². The lowest BCUT2D eigenvalue weighted by atomic mass is 10.2. The van der Waals surface area contributed by atoms with Gasteiger partial charge in [-0.2, -0.15) is 0 Å². The van der Waals surface area contributed by atoms with Crippen molar-refractivity contribution in [3.05, 3.63) is 0 Å². The summed E-state index contributed by atoms with van der Waals surface area (Å²) in [7, 11) is 0. The number of amides is 1. The van der Waals surface area contributed by atoms with Gasteiger partial charge in [-0.05, 0) is 6.42 Å². The number of nitrogens with one attached hydrogen (secondary N) is 1. The minimum absolute atomic E-state index is 0.0524. The molecule has 1 saturated heterocycles. The molecule has 18 heavy (non-hydrogen) atoms. The molecule has 1 rings (SSSR count). The highest BCUT2D eigenvalue weighted by atomic mass is 16.8. The van der Waals surface area contributed by atoms with Crippen LogP contribution in [-0.4, -0.2) is 42.1 Å². The summed E-state index contributed by atoms with van der Waals surface area (Å²) < 4.78 is 10.1. The van der Waals surface area contributed by atoms with Gasteiger partial charge in [0.1, 0.15) is 6.10 Å². The van der Waals surface area contributed by atoms with Gasteiger partial charge in [0.15, 0.2) is 0 Å². The van der Waals surface area contributed by atoms with Gasteiger partial charge < -0.3 is 14.6 Å². The second kappa shape index (κ2) is 6.67. The smallest absolute Gasteiger partial charge is 0.364 e. The van der Waals surface area contributed by atoms with E-state index in [9.17, 15) is 9.59 Å². The van der Waals surface area contributed by atoms with Crippen LogP contribution in [0.5, 0.6) is 0 Å². The Morgan fingerprint density at radius 1 is 1.44 bits per heavy atom. The first-order valence-corrected chi connectivity index (χ1v) is 5.93. The predicted octanol–water partition coefficient (Wildman–Crippen LogP) is 0.441. The molecular formula is C11H19NO6. The van der Waals surface area contributed by atoms with Crippen LogP contribution in [-0.2, 0) is 23.9 Å². The maximum absolute atomic E-state index is 11.3. The maximum atomic E-state index is 11.3. The standard InChI is InChI=1S/C11H19NO6/c1-3-4-5-9(13)12-18-8-6-16-11(2,10(14)15)17-7-8/h8H,3-7H2,1-2H3,(H,12,13)(H,14,15). The minimum atomic E-state index is -1.63. The van der Waals surface area contributed by atoms with Crippen LogP contribution in [0.4, 0.5) is 0 Å². The van der Waals surface area contributed by atoms with Crippen molar-refractivity contribution in [2.75, 3.05) is 13.2 Å². The van der Waals surface area contributed by atoms with Crippen LogP contribution in [0.3, 0.4) is 0 Å². The number of aliphatic carboxylic acids is 1. The molecule has 0 aromatic rings. The van der Waals surface area contributed by atoms with E-state index in [4.69, 9.17) is 19.4 Å². The van der Waals surface area contributed by atoms with Crippen LogP contribution in [0.25, 0.3) is 0 Å². The van der Waals surface area contributed by atoms with Crippen LogP contribution in [0.2, 0.25) is 0 Å². The molecule has 7 heteroatoms. The highest BCUT2D eigenvalue weighted by Gasteiger charge is 2.41. The molecule has 1 fully saturated rings. The van der Waals surface area contributed by atoms with E-state index in [0.717, 1.165) is 12.8 Å². The molecule has 0 unspecified atom stereocenters. The number of unbranched alkanes of at least 4 members (excludes halogenated alkanes) is 1. The number of hydrogen-bond acceptors (Lipinski definition) is 5. The van der Waals surface area contributed by atoms with Crippen molar-refractivity contribution in [1.82, 2.24) is 5.48 Å². The summed E-state index contributed by atoms with van der Waals surface area (Å²) in [4.78, 5) is 27.1. The van der Waals surface area contributed by atoms with E-state index in [-0.39, 0.29) is 19.1 Å². The number of carboxylic acid groups (broad SMARTS) is 1. The van der Waals surface area contributed by atoms with Crippen molar-refractivity contribution in [1.29, 1.82) is 0 Å². The Labute approximate surface area is 105 Å². The molecule has 7 nitrogen and oxygen atoms in total. The molecule has 1 amide bonds. The van der Waals surface area contributed by atoms with Crippen molar-refractivity contribution in [2.24, 2.45) is 0 Å². The molecule has 0 aromatic heterocycles. The van der Waals surface area contributed by atoms with E-state index in [2.05, 4.69) is 5.48 Å². The second-order valence-electron chi connectivity index (χ2n) is 4.24. The minimum Gasteiger partial charge on any atom is -0.477 e. The lowest BCUT2D eigenvalue weighted by Gasteiger charge is -2.33. The quantitative estimate of drug-likeness (QED) is 0.674. The molecule has 0 atom stereocenters. The number of carbonyl (C=O) groups excluding carboxylic acids is 1. The Kier molecular flexibility index (Phi) is 5.52. The van der Waals surface area contributed by atoms with E-state index in [1.807, 2.05) is 6.92 Å². The summed E-state index contributed by atoms with van der Waals surface area (Å²) in [5.41, 5.74) is 2.30. The molecule has 0 aromatic carbocycles. The molecule has 1 heterocycles. The summed E-state index contributed by atoms with van der Waals surface area (Å²) in [5, 5.41) is 8.84. The summed E-state index contributed by atoms with van der Waals surface area (Å²) in [6.07, 6.45) is 1.63. The van der Waals surface area contributed by atoms with E-state index in [0.29, 0.717) is 6.42 Å².